The van der Waals surface area contributed by atoms with Gasteiger partial charge in [0.05, 0.1) is 23.1 Å². The van der Waals surface area contributed by atoms with Gasteiger partial charge in [0.15, 0.2) is 0 Å². The molecule has 0 aliphatic rings. The van der Waals surface area contributed by atoms with Crippen molar-refractivity contribution in [2.75, 3.05) is 5.32 Å². The van der Waals surface area contributed by atoms with Crippen molar-refractivity contribution in [3.8, 4) is 22.6 Å². The normalized spacial score (nSPS) is 12.1. The lowest BCUT2D eigenvalue weighted by atomic mass is 10.1. The summed E-state index contributed by atoms with van der Waals surface area (Å²) >= 11 is 0. The predicted molar refractivity (Wildman–Crippen MR) is 128 cm³/mol. The monoisotopic (exact) mass is 438 g/mol. The first-order chi connectivity index (χ1) is 16.1. The van der Waals surface area contributed by atoms with Crippen LogP contribution in [0.4, 0.5) is 10.3 Å². The van der Waals surface area contributed by atoms with E-state index in [-0.39, 0.29) is 11.9 Å². The summed E-state index contributed by atoms with van der Waals surface area (Å²) in [6.45, 7) is 2.49. The van der Waals surface area contributed by atoms with Crippen molar-refractivity contribution in [1.82, 2.24) is 19.4 Å². The van der Waals surface area contributed by atoms with Gasteiger partial charge in [-0.25, -0.2) is 19.3 Å². The topological polar surface area (TPSA) is 81.1 Å². The maximum Gasteiger partial charge on any atom is 0.223 e. The maximum absolute atomic E-state index is 13.6. The zero-order valence-electron chi connectivity index (χ0n) is 18.1. The Morgan fingerprint density at radius 1 is 1.00 bits per heavy atom. The SMILES string of the molecule is C[C@@H](Nc1nccc(-c2c(-c3ccc(F)cc3)nc3cc(CN)ccn23)n1)c1ccccc1. The van der Waals surface area contributed by atoms with Gasteiger partial charge < -0.3 is 11.1 Å². The molecule has 0 aliphatic carbocycles. The summed E-state index contributed by atoms with van der Waals surface area (Å²) in [4.78, 5) is 14.1. The standard InChI is InChI=1S/C26H23FN6/c1-17(19-5-3-2-4-6-19)30-26-29-13-11-22(31-26)25-24(20-7-9-21(27)10-8-20)32-23-15-18(16-28)12-14-33(23)25/h2-15,17H,16,28H2,1H3,(H,29,30,31)/t17-/m1/s1. The Kier molecular flexibility index (Phi) is 5.54. The highest BCUT2D eigenvalue weighted by atomic mass is 19.1. The van der Waals surface area contributed by atoms with Crippen LogP contribution < -0.4 is 11.1 Å². The molecule has 0 radical (unpaired) electrons. The molecule has 0 saturated carbocycles. The third-order valence-electron chi connectivity index (χ3n) is 5.59. The fourth-order valence-corrected chi connectivity index (χ4v) is 3.85. The Hall–Kier alpha value is -4.10. The molecule has 33 heavy (non-hydrogen) atoms. The molecule has 3 aromatic heterocycles. The molecule has 3 N–H and O–H groups in total. The third kappa shape index (κ3) is 4.18. The Morgan fingerprint density at radius 3 is 2.55 bits per heavy atom. The average Bonchev–Trinajstić information content (AvgIpc) is 3.24. The van der Waals surface area contributed by atoms with Crippen molar-refractivity contribution >= 4 is 11.6 Å². The van der Waals surface area contributed by atoms with E-state index < -0.39 is 0 Å². The highest BCUT2D eigenvalue weighted by molar-refractivity contribution is 5.80. The highest BCUT2D eigenvalue weighted by Gasteiger charge is 2.18. The molecule has 6 nitrogen and oxygen atoms in total. The van der Waals surface area contributed by atoms with E-state index in [0.717, 1.165) is 28.0 Å². The van der Waals surface area contributed by atoms with E-state index in [9.17, 15) is 4.39 Å². The average molecular weight is 439 g/mol. The second-order valence-corrected chi connectivity index (χ2v) is 7.83. The fourth-order valence-electron chi connectivity index (χ4n) is 3.85. The van der Waals surface area contributed by atoms with Gasteiger partial charge in [0.25, 0.3) is 0 Å². The van der Waals surface area contributed by atoms with Crippen LogP contribution in [0.2, 0.25) is 0 Å². The molecular weight excluding hydrogens is 415 g/mol. The smallest absolute Gasteiger partial charge is 0.223 e. The molecule has 5 aromatic rings. The van der Waals surface area contributed by atoms with Crippen molar-refractivity contribution in [2.45, 2.75) is 19.5 Å². The van der Waals surface area contributed by atoms with Gasteiger partial charge in [-0.1, -0.05) is 30.3 Å². The molecule has 0 unspecified atom stereocenters. The van der Waals surface area contributed by atoms with E-state index in [1.54, 1.807) is 18.3 Å². The molecule has 3 heterocycles. The second kappa shape index (κ2) is 8.80. The Balaban J connectivity index is 1.61. The first-order valence-corrected chi connectivity index (χ1v) is 10.7. The minimum atomic E-state index is -0.294. The summed E-state index contributed by atoms with van der Waals surface area (Å²) in [5.74, 6) is 0.223. The van der Waals surface area contributed by atoms with E-state index in [4.69, 9.17) is 15.7 Å². The van der Waals surface area contributed by atoms with Gasteiger partial charge >= 0.3 is 0 Å². The third-order valence-corrected chi connectivity index (χ3v) is 5.59. The first kappa shape index (κ1) is 20.8. The number of rotatable bonds is 6. The van der Waals surface area contributed by atoms with Crippen molar-refractivity contribution in [3.05, 3.63) is 102 Å². The molecule has 0 amide bonds. The van der Waals surface area contributed by atoms with E-state index in [1.165, 1.54) is 12.1 Å². The van der Waals surface area contributed by atoms with Crippen LogP contribution in [0, 0.1) is 5.82 Å². The molecule has 0 spiro atoms. The summed E-state index contributed by atoms with van der Waals surface area (Å²) in [6.07, 6.45) is 3.67. The van der Waals surface area contributed by atoms with E-state index in [0.29, 0.717) is 23.9 Å². The zero-order valence-corrected chi connectivity index (χ0v) is 18.1. The summed E-state index contributed by atoms with van der Waals surface area (Å²) < 4.78 is 15.6. The largest absolute Gasteiger partial charge is 0.348 e. The minimum absolute atomic E-state index is 0.0346. The molecule has 2 aromatic carbocycles. The highest BCUT2D eigenvalue weighted by Crippen LogP contribution is 2.32. The Bertz CT molecular complexity index is 1400. The number of benzene rings is 2. The number of imidazole rings is 1. The van der Waals surface area contributed by atoms with Crippen LogP contribution in [0.15, 0.2) is 85.2 Å². The quantitative estimate of drug-likeness (QED) is 0.379. The number of fused-ring (bicyclic) bond motifs is 1. The van der Waals surface area contributed by atoms with E-state index in [2.05, 4.69) is 29.4 Å². The summed E-state index contributed by atoms with van der Waals surface area (Å²) in [5, 5.41) is 3.38. The molecule has 0 bridgehead atoms. The Morgan fingerprint density at radius 2 is 1.79 bits per heavy atom. The summed E-state index contributed by atoms with van der Waals surface area (Å²) in [6, 6.07) is 22.3. The molecule has 164 valence electrons. The number of anilines is 1. The lowest BCUT2D eigenvalue weighted by molar-refractivity contribution is 0.628. The number of hydrogen-bond donors (Lipinski definition) is 2. The van der Waals surface area contributed by atoms with Crippen LogP contribution in [0.25, 0.3) is 28.3 Å². The van der Waals surface area contributed by atoms with Gasteiger partial charge in [0.1, 0.15) is 11.5 Å². The molecule has 0 saturated heterocycles. The molecule has 0 fully saturated rings. The number of pyridine rings is 1. The number of nitrogens with zero attached hydrogens (tertiary/aromatic N) is 4. The van der Waals surface area contributed by atoms with Crippen molar-refractivity contribution < 1.29 is 4.39 Å². The van der Waals surface area contributed by atoms with Crippen molar-refractivity contribution in [2.24, 2.45) is 5.73 Å². The van der Waals surface area contributed by atoms with Crippen LogP contribution in [-0.2, 0) is 6.54 Å². The zero-order chi connectivity index (χ0) is 22.8. The van der Waals surface area contributed by atoms with Crippen LogP contribution >= 0.6 is 0 Å². The molecule has 7 heteroatoms. The molecular formula is C26H23FN6. The number of halogens is 1. The van der Waals surface area contributed by atoms with E-state index in [1.807, 2.05) is 47.0 Å². The van der Waals surface area contributed by atoms with Gasteiger partial charge in [-0.05, 0) is 60.5 Å². The number of nitrogens with one attached hydrogen (secondary N) is 1. The number of nitrogens with two attached hydrogens (primary N) is 1. The van der Waals surface area contributed by atoms with Crippen LogP contribution in [0.5, 0.6) is 0 Å². The molecule has 5 rings (SSSR count). The molecule has 1 atom stereocenters. The predicted octanol–water partition coefficient (Wildman–Crippen LogP) is 5.23. The van der Waals surface area contributed by atoms with Crippen molar-refractivity contribution in [1.29, 1.82) is 0 Å². The van der Waals surface area contributed by atoms with Gasteiger partial charge in [0.2, 0.25) is 5.95 Å². The fraction of sp³-hybridized carbons (Fsp3) is 0.115. The number of aromatic nitrogens is 4. The Labute approximate surface area is 191 Å². The second-order valence-electron chi connectivity index (χ2n) is 7.83. The number of hydrogen-bond acceptors (Lipinski definition) is 5. The van der Waals surface area contributed by atoms with Gasteiger partial charge in [0, 0.05) is 24.5 Å². The lowest BCUT2D eigenvalue weighted by Crippen LogP contribution is -2.09. The van der Waals surface area contributed by atoms with Crippen LogP contribution in [-0.4, -0.2) is 19.4 Å². The minimum Gasteiger partial charge on any atom is -0.348 e. The molecule has 0 aliphatic heterocycles. The van der Waals surface area contributed by atoms with Crippen molar-refractivity contribution in [3.63, 3.8) is 0 Å². The van der Waals surface area contributed by atoms with Gasteiger partial charge in [-0.3, -0.25) is 4.40 Å². The lowest BCUT2D eigenvalue weighted by Gasteiger charge is -2.15. The first-order valence-electron chi connectivity index (χ1n) is 10.7. The van der Waals surface area contributed by atoms with Gasteiger partial charge in [-0.2, -0.15) is 0 Å². The van der Waals surface area contributed by atoms with E-state index >= 15 is 0 Å². The van der Waals surface area contributed by atoms with Crippen LogP contribution in [0.1, 0.15) is 24.1 Å². The summed E-state index contributed by atoms with van der Waals surface area (Å²) in [7, 11) is 0. The summed E-state index contributed by atoms with van der Waals surface area (Å²) in [5.41, 5.74) is 11.7. The maximum atomic E-state index is 13.6. The van der Waals surface area contributed by atoms with Crippen LogP contribution in [0.3, 0.4) is 0 Å². The van der Waals surface area contributed by atoms with Gasteiger partial charge in [-0.15, -0.1) is 0 Å².